The third kappa shape index (κ3) is 3.03. The SMILES string of the molecule is C#CCC(CC)N1CCCNC2(CCCC2)C1. The molecule has 17 heavy (non-hydrogen) atoms. The highest BCUT2D eigenvalue weighted by molar-refractivity contribution is 4.99. The first-order chi connectivity index (χ1) is 8.29. The van der Waals surface area contributed by atoms with E-state index in [0.717, 1.165) is 6.42 Å². The van der Waals surface area contributed by atoms with Crippen molar-refractivity contribution in [2.45, 2.75) is 63.5 Å². The zero-order valence-corrected chi connectivity index (χ0v) is 11.2. The topological polar surface area (TPSA) is 15.3 Å². The lowest BCUT2D eigenvalue weighted by atomic mass is 9.96. The Morgan fingerprint density at radius 2 is 2.12 bits per heavy atom. The molecule has 0 aromatic carbocycles. The monoisotopic (exact) mass is 234 g/mol. The first kappa shape index (κ1) is 12.9. The summed E-state index contributed by atoms with van der Waals surface area (Å²) in [5.41, 5.74) is 0.415. The van der Waals surface area contributed by atoms with Crippen molar-refractivity contribution in [2.75, 3.05) is 19.6 Å². The van der Waals surface area contributed by atoms with E-state index in [2.05, 4.69) is 23.1 Å². The smallest absolute Gasteiger partial charge is 0.0308 e. The molecule has 0 aromatic heterocycles. The van der Waals surface area contributed by atoms with Crippen molar-refractivity contribution in [1.82, 2.24) is 10.2 Å². The van der Waals surface area contributed by atoms with E-state index in [1.165, 1.54) is 58.2 Å². The third-order valence-electron chi connectivity index (χ3n) is 4.53. The van der Waals surface area contributed by atoms with E-state index in [0.29, 0.717) is 11.6 Å². The van der Waals surface area contributed by atoms with Crippen LogP contribution in [0.5, 0.6) is 0 Å². The Balaban J connectivity index is 2.03. The minimum absolute atomic E-state index is 0.415. The average molecular weight is 234 g/mol. The summed E-state index contributed by atoms with van der Waals surface area (Å²) < 4.78 is 0. The van der Waals surface area contributed by atoms with Crippen LogP contribution in [-0.4, -0.2) is 36.1 Å². The van der Waals surface area contributed by atoms with E-state index in [1.54, 1.807) is 0 Å². The molecule has 1 aliphatic heterocycles. The van der Waals surface area contributed by atoms with E-state index in [1.807, 2.05) is 0 Å². The second kappa shape index (κ2) is 5.89. The maximum Gasteiger partial charge on any atom is 0.0308 e. The van der Waals surface area contributed by atoms with Crippen LogP contribution in [-0.2, 0) is 0 Å². The molecule has 0 radical (unpaired) electrons. The van der Waals surface area contributed by atoms with Gasteiger partial charge in [-0.15, -0.1) is 12.3 Å². The van der Waals surface area contributed by atoms with Crippen LogP contribution in [0.25, 0.3) is 0 Å². The molecule has 2 fully saturated rings. The molecule has 2 rings (SSSR count). The van der Waals surface area contributed by atoms with Crippen molar-refractivity contribution >= 4 is 0 Å². The molecule has 1 unspecified atom stereocenters. The van der Waals surface area contributed by atoms with Gasteiger partial charge in [-0.05, 0) is 38.8 Å². The van der Waals surface area contributed by atoms with Gasteiger partial charge < -0.3 is 5.32 Å². The van der Waals surface area contributed by atoms with Crippen LogP contribution in [0.4, 0.5) is 0 Å². The van der Waals surface area contributed by atoms with E-state index >= 15 is 0 Å². The van der Waals surface area contributed by atoms with Gasteiger partial charge in [-0.1, -0.05) is 19.8 Å². The fourth-order valence-electron chi connectivity index (χ4n) is 3.53. The molecule has 0 amide bonds. The Bertz CT molecular complexity index is 273. The summed E-state index contributed by atoms with van der Waals surface area (Å²) in [6.45, 7) is 5.88. The maximum atomic E-state index is 5.50. The lowest BCUT2D eigenvalue weighted by Gasteiger charge is -2.36. The molecule has 2 nitrogen and oxygen atoms in total. The molecule has 1 spiro atoms. The summed E-state index contributed by atoms with van der Waals surface area (Å²) in [7, 11) is 0. The second-order valence-electron chi connectivity index (χ2n) is 5.71. The molecule has 1 heterocycles. The minimum Gasteiger partial charge on any atom is -0.310 e. The van der Waals surface area contributed by atoms with Crippen LogP contribution in [0.3, 0.4) is 0 Å². The van der Waals surface area contributed by atoms with Crippen molar-refractivity contribution in [3.63, 3.8) is 0 Å². The van der Waals surface area contributed by atoms with Crippen LogP contribution in [0.15, 0.2) is 0 Å². The molecule has 1 saturated carbocycles. The highest BCUT2D eigenvalue weighted by Crippen LogP contribution is 2.32. The first-order valence-corrected chi connectivity index (χ1v) is 7.22. The lowest BCUT2D eigenvalue weighted by molar-refractivity contribution is 0.154. The fourth-order valence-corrected chi connectivity index (χ4v) is 3.53. The fraction of sp³-hybridized carbons (Fsp3) is 0.867. The maximum absolute atomic E-state index is 5.50. The Morgan fingerprint density at radius 3 is 2.76 bits per heavy atom. The predicted octanol–water partition coefficient (Wildman–Crippen LogP) is 2.40. The molecule has 96 valence electrons. The molecule has 1 aliphatic carbocycles. The molecule has 0 bridgehead atoms. The normalized spacial score (nSPS) is 26.6. The van der Waals surface area contributed by atoms with E-state index in [-0.39, 0.29) is 0 Å². The van der Waals surface area contributed by atoms with Gasteiger partial charge in [0.15, 0.2) is 0 Å². The minimum atomic E-state index is 0.415. The van der Waals surface area contributed by atoms with Gasteiger partial charge in [-0.25, -0.2) is 0 Å². The molecule has 1 saturated heterocycles. The summed E-state index contributed by atoms with van der Waals surface area (Å²) in [6.07, 6.45) is 14.4. The molecule has 0 aromatic rings. The molecule has 2 heteroatoms. The van der Waals surface area contributed by atoms with Crippen molar-refractivity contribution < 1.29 is 0 Å². The number of nitrogens with zero attached hydrogens (tertiary/aromatic N) is 1. The standard InChI is InChI=1S/C15H26N2/c1-3-8-14(4-2)17-12-7-11-16-15(13-17)9-5-6-10-15/h1,14,16H,4-13H2,2H3. The summed E-state index contributed by atoms with van der Waals surface area (Å²) in [5, 5.41) is 3.81. The van der Waals surface area contributed by atoms with Gasteiger partial charge in [-0.3, -0.25) is 4.90 Å². The largest absolute Gasteiger partial charge is 0.310 e. The first-order valence-electron chi connectivity index (χ1n) is 7.22. The zero-order valence-electron chi connectivity index (χ0n) is 11.2. The van der Waals surface area contributed by atoms with Gasteiger partial charge in [0.05, 0.1) is 0 Å². The summed E-state index contributed by atoms with van der Waals surface area (Å²) in [6, 6.07) is 0.595. The van der Waals surface area contributed by atoms with Crippen molar-refractivity contribution in [3.8, 4) is 12.3 Å². The van der Waals surface area contributed by atoms with Crippen molar-refractivity contribution in [3.05, 3.63) is 0 Å². The van der Waals surface area contributed by atoms with Crippen LogP contribution < -0.4 is 5.32 Å². The molecule has 2 aliphatic rings. The van der Waals surface area contributed by atoms with Crippen molar-refractivity contribution in [2.24, 2.45) is 0 Å². The van der Waals surface area contributed by atoms with Crippen LogP contribution >= 0.6 is 0 Å². The summed E-state index contributed by atoms with van der Waals surface area (Å²) in [5.74, 6) is 2.85. The van der Waals surface area contributed by atoms with E-state index in [9.17, 15) is 0 Å². The van der Waals surface area contributed by atoms with Gasteiger partial charge >= 0.3 is 0 Å². The molecular formula is C15H26N2. The van der Waals surface area contributed by atoms with Crippen LogP contribution in [0.1, 0.15) is 51.9 Å². The predicted molar refractivity (Wildman–Crippen MR) is 72.9 cm³/mol. The van der Waals surface area contributed by atoms with E-state index in [4.69, 9.17) is 6.42 Å². The molecule has 1 N–H and O–H groups in total. The third-order valence-corrected chi connectivity index (χ3v) is 4.53. The number of hydrogen-bond acceptors (Lipinski definition) is 2. The number of hydrogen-bond donors (Lipinski definition) is 1. The van der Waals surface area contributed by atoms with Crippen LogP contribution in [0.2, 0.25) is 0 Å². The summed E-state index contributed by atoms with van der Waals surface area (Å²) in [4.78, 5) is 2.66. The zero-order chi connectivity index (χ0) is 12.1. The lowest BCUT2D eigenvalue weighted by Crippen LogP contribution is -2.51. The second-order valence-corrected chi connectivity index (χ2v) is 5.71. The molecular weight excluding hydrogens is 208 g/mol. The van der Waals surface area contributed by atoms with Gasteiger partial charge in [-0.2, -0.15) is 0 Å². The van der Waals surface area contributed by atoms with E-state index < -0.39 is 0 Å². The number of rotatable bonds is 3. The quantitative estimate of drug-likeness (QED) is 0.754. The summed E-state index contributed by atoms with van der Waals surface area (Å²) >= 11 is 0. The van der Waals surface area contributed by atoms with Gasteiger partial charge in [0.2, 0.25) is 0 Å². The Hall–Kier alpha value is -0.520. The highest BCUT2D eigenvalue weighted by atomic mass is 15.2. The average Bonchev–Trinajstić information content (AvgIpc) is 2.68. The Kier molecular flexibility index (Phi) is 4.48. The van der Waals surface area contributed by atoms with Crippen molar-refractivity contribution in [1.29, 1.82) is 0 Å². The van der Waals surface area contributed by atoms with Gasteiger partial charge in [0, 0.05) is 24.5 Å². The Labute approximate surface area is 106 Å². The van der Waals surface area contributed by atoms with Crippen LogP contribution in [0, 0.1) is 12.3 Å². The van der Waals surface area contributed by atoms with Gasteiger partial charge in [0.25, 0.3) is 0 Å². The highest BCUT2D eigenvalue weighted by Gasteiger charge is 2.37. The van der Waals surface area contributed by atoms with Gasteiger partial charge in [0.1, 0.15) is 0 Å². The number of nitrogens with one attached hydrogen (secondary N) is 1. The molecule has 1 atom stereocenters. The Morgan fingerprint density at radius 1 is 1.35 bits per heavy atom. The number of terminal acetylenes is 1.